The summed E-state index contributed by atoms with van der Waals surface area (Å²) in [6, 6.07) is 8.64. The van der Waals surface area contributed by atoms with E-state index in [2.05, 4.69) is 51.4 Å². The second-order valence-electron chi connectivity index (χ2n) is 5.32. The minimum absolute atomic E-state index is 0.944. The predicted octanol–water partition coefficient (Wildman–Crippen LogP) is 1.18. The zero-order valence-corrected chi connectivity index (χ0v) is 11.6. The van der Waals surface area contributed by atoms with Gasteiger partial charge in [-0.2, -0.15) is 0 Å². The summed E-state index contributed by atoms with van der Waals surface area (Å²) < 4.78 is 0. The van der Waals surface area contributed by atoms with Crippen molar-refractivity contribution in [1.29, 1.82) is 0 Å². The van der Waals surface area contributed by atoms with E-state index in [0.717, 1.165) is 51.5 Å². The molecule has 0 atom stereocenters. The van der Waals surface area contributed by atoms with Crippen LogP contribution in [0, 0.1) is 0 Å². The highest BCUT2D eigenvalue weighted by molar-refractivity contribution is 6.04. The molecule has 19 heavy (non-hydrogen) atoms. The SMILES string of the molecule is CN1CCN(c2ccccc2C2=NCCCN2)CC1. The van der Waals surface area contributed by atoms with Crippen LogP contribution < -0.4 is 10.2 Å². The zero-order chi connectivity index (χ0) is 13.1. The summed E-state index contributed by atoms with van der Waals surface area (Å²) in [6.45, 7) is 6.44. The second-order valence-corrected chi connectivity index (χ2v) is 5.32. The van der Waals surface area contributed by atoms with Gasteiger partial charge in [-0.15, -0.1) is 0 Å². The van der Waals surface area contributed by atoms with Crippen LogP contribution in [-0.4, -0.2) is 57.1 Å². The number of aliphatic imine (C=N–C) groups is 1. The number of amidine groups is 1. The number of nitrogens with zero attached hydrogens (tertiary/aromatic N) is 3. The molecule has 1 N–H and O–H groups in total. The van der Waals surface area contributed by atoms with E-state index in [4.69, 9.17) is 0 Å². The molecular weight excluding hydrogens is 236 g/mol. The van der Waals surface area contributed by atoms with Gasteiger partial charge >= 0.3 is 0 Å². The summed E-state index contributed by atoms with van der Waals surface area (Å²) in [6.07, 6.45) is 1.14. The molecule has 0 radical (unpaired) electrons. The number of piperazine rings is 1. The van der Waals surface area contributed by atoms with E-state index in [1.807, 2.05) is 0 Å². The summed E-state index contributed by atoms with van der Waals surface area (Å²) in [5, 5.41) is 3.44. The van der Waals surface area contributed by atoms with Crippen LogP contribution >= 0.6 is 0 Å². The van der Waals surface area contributed by atoms with Crippen LogP contribution in [0.25, 0.3) is 0 Å². The molecule has 4 heteroatoms. The number of rotatable bonds is 2. The van der Waals surface area contributed by atoms with Gasteiger partial charge in [-0.05, 0) is 25.6 Å². The molecule has 0 saturated carbocycles. The lowest BCUT2D eigenvalue weighted by molar-refractivity contribution is 0.313. The summed E-state index contributed by atoms with van der Waals surface area (Å²) in [5.41, 5.74) is 2.58. The van der Waals surface area contributed by atoms with Crippen LogP contribution in [0.3, 0.4) is 0 Å². The fraction of sp³-hybridized carbons (Fsp3) is 0.533. The molecule has 1 aromatic carbocycles. The van der Waals surface area contributed by atoms with E-state index in [0.29, 0.717) is 0 Å². The van der Waals surface area contributed by atoms with Crippen molar-refractivity contribution in [3.8, 4) is 0 Å². The van der Waals surface area contributed by atoms with Crippen molar-refractivity contribution < 1.29 is 0 Å². The maximum absolute atomic E-state index is 4.64. The molecule has 1 fully saturated rings. The Morgan fingerprint density at radius 1 is 1.11 bits per heavy atom. The smallest absolute Gasteiger partial charge is 0.130 e. The lowest BCUT2D eigenvalue weighted by atomic mass is 10.1. The Labute approximate surface area is 115 Å². The highest BCUT2D eigenvalue weighted by atomic mass is 15.2. The minimum atomic E-state index is 0.944. The van der Waals surface area contributed by atoms with Gasteiger partial charge in [0.1, 0.15) is 5.84 Å². The van der Waals surface area contributed by atoms with Crippen LogP contribution in [0.2, 0.25) is 0 Å². The van der Waals surface area contributed by atoms with Crippen molar-refractivity contribution in [2.75, 3.05) is 51.2 Å². The Balaban J connectivity index is 1.87. The number of likely N-dealkylation sites (N-methyl/N-ethyl adjacent to an activating group) is 1. The molecule has 1 aromatic rings. The van der Waals surface area contributed by atoms with E-state index >= 15 is 0 Å². The summed E-state index contributed by atoms with van der Waals surface area (Å²) >= 11 is 0. The van der Waals surface area contributed by atoms with Gasteiger partial charge in [-0.25, -0.2) is 0 Å². The Hall–Kier alpha value is -1.55. The number of benzene rings is 1. The topological polar surface area (TPSA) is 30.9 Å². The van der Waals surface area contributed by atoms with Gasteiger partial charge in [0.05, 0.1) is 0 Å². The molecule has 0 aliphatic carbocycles. The van der Waals surface area contributed by atoms with Gasteiger partial charge in [0.2, 0.25) is 0 Å². The van der Waals surface area contributed by atoms with Gasteiger partial charge in [0.25, 0.3) is 0 Å². The first-order chi connectivity index (χ1) is 9.34. The molecule has 0 bridgehead atoms. The van der Waals surface area contributed by atoms with Crippen molar-refractivity contribution in [3.05, 3.63) is 29.8 Å². The number of hydrogen-bond acceptors (Lipinski definition) is 4. The van der Waals surface area contributed by atoms with E-state index in [9.17, 15) is 0 Å². The highest BCUT2D eigenvalue weighted by Gasteiger charge is 2.19. The van der Waals surface area contributed by atoms with Gasteiger partial charge in [0, 0.05) is 50.5 Å². The Kier molecular flexibility index (Phi) is 3.69. The monoisotopic (exact) mass is 258 g/mol. The van der Waals surface area contributed by atoms with Crippen molar-refractivity contribution in [2.45, 2.75) is 6.42 Å². The van der Waals surface area contributed by atoms with Crippen molar-refractivity contribution in [3.63, 3.8) is 0 Å². The second kappa shape index (κ2) is 5.61. The minimum Gasteiger partial charge on any atom is -0.370 e. The van der Waals surface area contributed by atoms with Crippen LogP contribution in [0.5, 0.6) is 0 Å². The van der Waals surface area contributed by atoms with Gasteiger partial charge in [0.15, 0.2) is 0 Å². The third-order valence-electron chi connectivity index (χ3n) is 3.90. The molecule has 0 unspecified atom stereocenters. The van der Waals surface area contributed by atoms with Gasteiger partial charge in [-0.1, -0.05) is 12.1 Å². The first-order valence-corrected chi connectivity index (χ1v) is 7.16. The number of nitrogens with one attached hydrogen (secondary N) is 1. The maximum Gasteiger partial charge on any atom is 0.130 e. The number of anilines is 1. The molecule has 2 heterocycles. The van der Waals surface area contributed by atoms with Gasteiger partial charge < -0.3 is 15.1 Å². The predicted molar refractivity (Wildman–Crippen MR) is 80.2 cm³/mol. The molecule has 2 aliphatic rings. The van der Waals surface area contributed by atoms with Crippen molar-refractivity contribution >= 4 is 11.5 Å². The molecule has 4 nitrogen and oxygen atoms in total. The van der Waals surface area contributed by atoms with E-state index < -0.39 is 0 Å². The highest BCUT2D eigenvalue weighted by Crippen LogP contribution is 2.22. The summed E-state index contributed by atoms with van der Waals surface area (Å²) in [4.78, 5) is 9.50. The van der Waals surface area contributed by atoms with E-state index in [-0.39, 0.29) is 0 Å². The van der Waals surface area contributed by atoms with Crippen molar-refractivity contribution in [1.82, 2.24) is 10.2 Å². The third kappa shape index (κ3) is 2.73. The Morgan fingerprint density at radius 3 is 2.63 bits per heavy atom. The molecule has 102 valence electrons. The normalized spacial score (nSPS) is 20.9. The molecule has 0 spiro atoms. The fourth-order valence-corrected chi connectivity index (χ4v) is 2.71. The summed E-state index contributed by atoms with van der Waals surface area (Å²) in [5.74, 6) is 1.07. The van der Waals surface area contributed by atoms with E-state index in [1.54, 1.807) is 0 Å². The first-order valence-electron chi connectivity index (χ1n) is 7.16. The lowest BCUT2D eigenvalue weighted by Crippen LogP contribution is -2.45. The van der Waals surface area contributed by atoms with Crippen molar-refractivity contribution in [2.24, 2.45) is 4.99 Å². The third-order valence-corrected chi connectivity index (χ3v) is 3.90. The molecule has 0 aromatic heterocycles. The largest absolute Gasteiger partial charge is 0.370 e. The van der Waals surface area contributed by atoms with Crippen LogP contribution in [-0.2, 0) is 0 Å². The Bertz CT molecular complexity index is 461. The number of hydrogen-bond donors (Lipinski definition) is 1. The quantitative estimate of drug-likeness (QED) is 0.864. The van der Waals surface area contributed by atoms with Crippen LogP contribution in [0.1, 0.15) is 12.0 Å². The number of para-hydroxylation sites is 1. The molecule has 1 saturated heterocycles. The molecular formula is C15H22N4. The van der Waals surface area contributed by atoms with Crippen LogP contribution in [0.4, 0.5) is 5.69 Å². The zero-order valence-electron chi connectivity index (χ0n) is 11.6. The first kappa shape index (κ1) is 12.5. The lowest BCUT2D eigenvalue weighted by Gasteiger charge is -2.35. The average Bonchev–Trinajstić information content (AvgIpc) is 2.49. The molecule has 2 aliphatic heterocycles. The van der Waals surface area contributed by atoms with Crippen LogP contribution in [0.15, 0.2) is 29.3 Å². The standard InChI is InChI=1S/C15H22N4/c1-18-9-11-19(12-10-18)14-6-3-2-5-13(14)15-16-7-4-8-17-15/h2-3,5-6H,4,7-12H2,1H3,(H,16,17). The average molecular weight is 258 g/mol. The Morgan fingerprint density at radius 2 is 1.89 bits per heavy atom. The summed E-state index contributed by atoms with van der Waals surface area (Å²) in [7, 11) is 2.19. The molecule has 0 amide bonds. The maximum atomic E-state index is 4.64. The van der Waals surface area contributed by atoms with E-state index in [1.165, 1.54) is 11.3 Å². The van der Waals surface area contributed by atoms with Gasteiger partial charge in [-0.3, -0.25) is 4.99 Å². The molecule has 3 rings (SSSR count). The fourth-order valence-electron chi connectivity index (χ4n) is 2.71.